The van der Waals surface area contributed by atoms with E-state index in [9.17, 15) is 9.90 Å². The van der Waals surface area contributed by atoms with Gasteiger partial charge in [0.15, 0.2) is 5.82 Å². The molecule has 0 atom stereocenters. The van der Waals surface area contributed by atoms with Crippen LogP contribution in [0.25, 0.3) is 28.6 Å². The van der Waals surface area contributed by atoms with E-state index < -0.39 is 11.5 Å². The normalized spacial score (nSPS) is 11.6. The lowest BCUT2D eigenvalue weighted by Gasteiger charge is -2.36. The lowest BCUT2D eigenvalue weighted by molar-refractivity contribution is -0.131. The highest BCUT2D eigenvalue weighted by molar-refractivity contribution is 5.85. The maximum Gasteiger partial charge on any atom is 0.328 e. The molecule has 2 heterocycles. The number of aliphatic carboxylic acids is 1. The molecule has 252 valence electrons. The van der Waals surface area contributed by atoms with Crippen LogP contribution >= 0.6 is 0 Å². The molecule has 0 saturated carbocycles. The molecule has 7 rings (SSSR count). The van der Waals surface area contributed by atoms with Crippen LogP contribution < -0.4 is 0 Å². The Hall–Kier alpha value is -6.41. The summed E-state index contributed by atoms with van der Waals surface area (Å²) in [5.74, 6) is 0.599. The molecular formula is C43H38N6O2. The van der Waals surface area contributed by atoms with Gasteiger partial charge in [-0.2, -0.15) is 0 Å². The number of benzene rings is 5. The summed E-state index contributed by atoms with van der Waals surface area (Å²) in [4.78, 5) is 15.9. The molecule has 7 aromatic rings. The Morgan fingerprint density at radius 2 is 1.31 bits per heavy atom. The molecule has 0 saturated heterocycles. The van der Waals surface area contributed by atoms with Crippen molar-refractivity contribution < 1.29 is 9.90 Å². The first kappa shape index (κ1) is 33.1. The predicted molar refractivity (Wildman–Crippen MR) is 200 cm³/mol. The Morgan fingerprint density at radius 3 is 1.88 bits per heavy atom. The van der Waals surface area contributed by atoms with Crippen LogP contribution in [0.1, 0.15) is 53.5 Å². The van der Waals surface area contributed by atoms with Gasteiger partial charge >= 0.3 is 5.97 Å². The maximum absolute atomic E-state index is 11.3. The van der Waals surface area contributed by atoms with E-state index in [0.717, 1.165) is 75.8 Å². The smallest absolute Gasteiger partial charge is 0.328 e. The summed E-state index contributed by atoms with van der Waals surface area (Å²) in [7, 11) is 0. The molecule has 0 aliphatic rings. The largest absolute Gasteiger partial charge is 0.478 e. The van der Waals surface area contributed by atoms with Gasteiger partial charge in [-0.05, 0) is 56.3 Å². The van der Waals surface area contributed by atoms with Crippen LogP contribution in [-0.4, -0.2) is 40.8 Å². The fraction of sp³-hybridized carbons (Fsp3) is 0.140. The van der Waals surface area contributed by atoms with E-state index in [4.69, 9.17) is 10.3 Å². The summed E-state index contributed by atoms with van der Waals surface area (Å²) in [5.41, 5.74) is 7.01. The van der Waals surface area contributed by atoms with Crippen molar-refractivity contribution >= 4 is 12.0 Å². The number of rotatable bonds is 13. The summed E-state index contributed by atoms with van der Waals surface area (Å²) in [5, 5.41) is 23.0. The molecule has 0 bridgehead atoms. The molecule has 2 aromatic heterocycles. The minimum absolute atomic E-state index is 0.576. The van der Waals surface area contributed by atoms with Crippen molar-refractivity contribution in [3.63, 3.8) is 0 Å². The number of aryl methyl sites for hydroxylation is 1. The van der Waals surface area contributed by atoms with Gasteiger partial charge in [0.2, 0.25) is 0 Å². The molecule has 0 unspecified atom stereocenters. The van der Waals surface area contributed by atoms with Crippen LogP contribution in [0, 0.1) is 0 Å². The molecule has 5 aromatic carbocycles. The maximum atomic E-state index is 11.3. The third kappa shape index (κ3) is 6.64. The van der Waals surface area contributed by atoms with E-state index in [0.29, 0.717) is 12.4 Å². The zero-order valence-corrected chi connectivity index (χ0v) is 28.4. The summed E-state index contributed by atoms with van der Waals surface area (Å²) in [6.45, 7) is 2.73. The fourth-order valence-electron chi connectivity index (χ4n) is 6.82. The minimum atomic E-state index is -0.986. The molecule has 0 spiro atoms. The average Bonchev–Trinajstić information content (AvgIpc) is 3.82. The zero-order chi connectivity index (χ0) is 35.0. The monoisotopic (exact) mass is 670 g/mol. The average molecular weight is 671 g/mol. The van der Waals surface area contributed by atoms with Crippen LogP contribution in [-0.2, 0) is 23.3 Å². The first-order valence-electron chi connectivity index (χ1n) is 17.2. The molecule has 0 radical (unpaired) electrons. The van der Waals surface area contributed by atoms with Gasteiger partial charge < -0.3 is 9.67 Å². The van der Waals surface area contributed by atoms with Gasteiger partial charge in [0.05, 0.1) is 11.9 Å². The number of imidazole rings is 1. The van der Waals surface area contributed by atoms with E-state index in [-0.39, 0.29) is 0 Å². The molecular weight excluding hydrogens is 633 g/mol. The van der Waals surface area contributed by atoms with Gasteiger partial charge in [-0.1, -0.05) is 153 Å². The van der Waals surface area contributed by atoms with Crippen molar-refractivity contribution in [3.05, 3.63) is 186 Å². The third-order valence-corrected chi connectivity index (χ3v) is 9.26. The lowest BCUT2D eigenvalue weighted by Crippen LogP contribution is -2.39. The molecule has 0 amide bonds. The summed E-state index contributed by atoms with van der Waals surface area (Å²) < 4.78 is 4.06. The van der Waals surface area contributed by atoms with Crippen molar-refractivity contribution in [1.82, 2.24) is 29.8 Å². The lowest BCUT2D eigenvalue weighted by atomic mass is 9.77. The van der Waals surface area contributed by atoms with E-state index in [1.807, 2.05) is 35.0 Å². The highest BCUT2D eigenvalue weighted by atomic mass is 16.4. The molecule has 51 heavy (non-hydrogen) atoms. The summed E-state index contributed by atoms with van der Waals surface area (Å²) in [6, 6.07) is 47.9. The van der Waals surface area contributed by atoms with Crippen LogP contribution in [0.3, 0.4) is 0 Å². The summed E-state index contributed by atoms with van der Waals surface area (Å²) >= 11 is 0. The number of aromatic nitrogens is 6. The Bertz CT molecular complexity index is 2140. The number of carboxylic acids is 1. The van der Waals surface area contributed by atoms with Crippen molar-refractivity contribution in [2.24, 2.45) is 0 Å². The van der Waals surface area contributed by atoms with E-state index >= 15 is 0 Å². The standard InChI is InChI=1S/C43H38N6O2/c1-2-3-23-40-44-30-37(28-29-41(50)51)48(40)31-32-24-26-33(27-25-32)38-21-13-14-22-39(38)42-45-46-47-49(42)43(34-15-7-4-8-16-34,35-17-9-5-10-18-35)36-19-11-6-12-20-36/h4-22,24-30H,2-3,23,31H2,1H3,(H,50,51). The molecule has 8 heteroatoms. The van der Waals surface area contributed by atoms with Crippen LogP contribution in [0.2, 0.25) is 0 Å². The second-order valence-corrected chi connectivity index (χ2v) is 12.4. The summed E-state index contributed by atoms with van der Waals surface area (Å²) in [6.07, 6.45) is 7.41. The molecule has 8 nitrogen and oxygen atoms in total. The SMILES string of the molecule is CCCCc1ncc(C=CC(=O)O)n1Cc1ccc(-c2ccccc2-c2nnnn2C(c2ccccc2)(c2ccccc2)c2ccccc2)cc1. The van der Waals surface area contributed by atoms with Gasteiger partial charge in [-0.15, -0.1) is 5.10 Å². The number of hydrogen-bond donors (Lipinski definition) is 1. The Labute approximate surface area is 297 Å². The molecule has 0 aliphatic carbocycles. The van der Waals surface area contributed by atoms with Crippen molar-refractivity contribution in [2.45, 2.75) is 38.3 Å². The van der Waals surface area contributed by atoms with E-state index in [2.05, 4.69) is 131 Å². The fourth-order valence-corrected chi connectivity index (χ4v) is 6.82. The van der Waals surface area contributed by atoms with Gasteiger partial charge in [-0.25, -0.2) is 14.5 Å². The molecule has 1 N–H and O–H groups in total. The van der Waals surface area contributed by atoms with Crippen molar-refractivity contribution in [2.75, 3.05) is 0 Å². The Kier molecular flexibility index (Phi) is 9.74. The number of hydrogen-bond acceptors (Lipinski definition) is 5. The zero-order valence-electron chi connectivity index (χ0n) is 28.4. The highest BCUT2D eigenvalue weighted by Crippen LogP contribution is 2.43. The topological polar surface area (TPSA) is 98.7 Å². The first-order chi connectivity index (χ1) is 25.1. The van der Waals surface area contributed by atoms with Crippen molar-refractivity contribution in [1.29, 1.82) is 0 Å². The number of nitrogens with zero attached hydrogens (tertiary/aromatic N) is 6. The number of tetrazole rings is 1. The number of carbonyl (C=O) groups is 1. The second kappa shape index (κ2) is 15.0. The Morgan fingerprint density at radius 1 is 0.745 bits per heavy atom. The van der Waals surface area contributed by atoms with E-state index in [1.54, 1.807) is 12.3 Å². The van der Waals surface area contributed by atoms with Gasteiger partial charge in [0, 0.05) is 24.6 Å². The first-order valence-corrected chi connectivity index (χ1v) is 17.2. The van der Waals surface area contributed by atoms with Crippen LogP contribution in [0.4, 0.5) is 0 Å². The van der Waals surface area contributed by atoms with Crippen molar-refractivity contribution in [3.8, 4) is 22.5 Å². The van der Waals surface area contributed by atoms with Gasteiger partial charge in [0.25, 0.3) is 0 Å². The third-order valence-electron chi connectivity index (χ3n) is 9.26. The number of unbranched alkanes of at least 4 members (excludes halogenated alkanes) is 1. The molecule has 0 fully saturated rings. The molecule has 0 aliphatic heterocycles. The predicted octanol–water partition coefficient (Wildman–Crippen LogP) is 8.53. The minimum Gasteiger partial charge on any atom is -0.478 e. The highest BCUT2D eigenvalue weighted by Gasteiger charge is 2.42. The van der Waals surface area contributed by atoms with E-state index in [1.165, 1.54) is 0 Å². The van der Waals surface area contributed by atoms with Crippen LogP contribution in [0.15, 0.2) is 152 Å². The van der Waals surface area contributed by atoms with Gasteiger partial charge in [0.1, 0.15) is 11.4 Å². The quantitative estimate of drug-likeness (QED) is 0.0976. The van der Waals surface area contributed by atoms with Gasteiger partial charge in [-0.3, -0.25) is 0 Å². The van der Waals surface area contributed by atoms with Crippen LogP contribution in [0.5, 0.6) is 0 Å². The second-order valence-electron chi connectivity index (χ2n) is 12.4. The Balaban J connectivity index is 1.32. The number of carboxylic acid groups (broad SMARTS) is 1.